The molecule has 0 amide bonds. The smallest absolute Gasteiger partial charge is 0.355 e. The largest absolute Gasteiger partial charge is 0.406 e. The number of hydrogen-bond acceptors (Lipinski definition) is 6. The summed E-state index contributed by atoms with van der Waals surface area (Å²) < 4.78 is 43.9. The van der Waals surface area contributed by atoms with Gasteiger partial charge in [0.05, 0.1) is 12.2 Å². The number of benzene rings is 1. The molecular formula is C26H29ClF3N7. The zero-order valence-corrected chi connectivity index (χ0v) is 22.0. The van der Waals surface area contributed by atoms with Crippen molar-refractivity contribution in [2.24, 2.45) is 5.41 Å². The molecule has 3 aliphatic heterocycles. The van der Waals surface area contributed by atoms with Crippen molar-refractivity contribution < 1.29 is 13.2 Å². The van der Waals surface area contributed by atoms with E-state index in [0.29, 0.717) is 16.8 Å². The van der Waals surface area contributed by atoms with E-state index in [4.69, 9.17) is 11.6 Å². The Morgan fingerprint density at radius 3 is 2.30 bits per heavy atom. The number of aromatic nitrogens is 4. The topological polar surface area (TPSA) is 53.3 Å². The van der Waals surface area contributed by atoms with Crippen LogP contribution in [0.25, 0.3) is 5.69 Å². The van der Waals surface area contributed by atoms with E-state index >= 15 is 0 Å². The summed E-state index contributed by atoms with van der Waals surface area (Å²) in [6, 6.07) is 9.54. The minimum absolute atomic E-state index is 0.0248. The Hall–Kier alpha value is -2.85. The first-order valence-corrected chi connectivity index (χ1v) is 12.7. The summed E-state index contributed by atoms with van der Waals surface area (Å²) in [5, 5.41) is 9.31. The standard InChI is InChI=1S/C26H29ClF3N7/c1-16-7-17(2)31-21(8-16)34-12-25(13-34)14-35(15-25)23-33-32-22-11-36(24(3,4)26(28,29)30)10-18-9-19(27)5-6-20(18)37(22)23/h5-9H,10-15H2,1-4H3. The molecule has 3 aliphatic rings. The highest BCUT2D eigenvalue weighted by molar-refractivity contribution is 6.30. The number of fused-ring (bicyclic) bond motifs is 3. The fraction of sp³-hybridized carbons (Fsp3) is 0.500. The molecule has 0 N–H and O–H groups in total. The molecule has 0 atom stereocenters. The SMILES string of the molecule is Cc1cc(C)nc(N2CC3(C2)CN(c2nnc4n2-c2ccc(Cl)cc2CN(C(C)(C)C(F)(F)F)C4)C3)c1. The van der Waals surface area contributed by atoms with Gasteiger partial charge in [0.2, 0.25) is 5.95 Å². The second kappa shape index (κ2) is 8.07. The molecular weight excluding hydrogens is 503 g/mol. The van der Waals surface area contributed by atoms with Gasteiger partial charge in [-0.2, -0.15) is 13.2 Å². The maximum absolute atomic E-state index is 14.0. The minimum Gasteiger partial charge on any atom is -0.355 e. The summed E-state index contributed by atoms with van der Waals surface area (Å²) in [6.07, 6.45) is -4.41. The van der Waals surface area contributed by atoms with E-state index in [2.05, 4.69) is 44.0 Å². The first-order chi connectivity index (χ1) is 17.3. The van der Waals surface area contributed by atoms with Crippen LogP contribution in [-0.4, -0.2) is 62.5 Å². The number of halogens is 4. The van der Waals surface area contributed by atoms with Crippen LogP contribution in [0.5, 0.6) is 0 Å². The van der Waals surface area contributed by atoms with E-state index in [0.717, 1.165) is 48.9 Å². The fourth-order valence-corrected chi connectivity index (χ4v) is 5.97. The Morgan fingerprint density at radius 1 is 0.919 bits per heavy atom. The van der Waals surface area contributed by atoms with Crippen LogP contribution in [0.4, 0.5) is 24.9 Å². The van der Waals surface area contributed by atoms with Gasteiger partial charge in [-0.15, -0.1) is 10.2 Å². The summed E-state index contributed by atoms with van der Waals surface area (Å²) in [4.78, 5) is 10.6. The lowest BCUT2D eigenvalue weighted by atomic mass is 9.73. The van der Waals surface area contributed by atoms with Crippen LogP contribution in [0, 0.1) is 19.3 Å². The first kappa shape index (κ1) is 24.5. The molecule has 7 nitrogen and oxygen atoms in total. The molecule has 1 aromatic carbocycles. The van der Waals surface area contributed by atoms with E-state index in [-0.39, 0.29) is 18.5 Å². The number of hydrogen-bond donors (Lipinski definition) is 0. The van der Waals surface area contributed by atoms with Crippen molar-refractivity contribution in [3.8, 4) is 5.69 Å². The maximum atomic E-state index is 14.0. The van der Waals surface area contributed by atoms with Gasteiger partial charge in [-0.25, -0.2) is 4.98 Å². The fourth-order valence-electron chi connectivity index (χ4n) is 5.78. The van der Waals surface area contributed by atoms with Crippen molar-refractivity contribution in [2.75, 3.05) is 36.0 Å². The van der Waals surface area contributed by atoms with E-state index in [1.54, 1.807) is 12.1 Å². The van der Waals surface area contributed by atoms with Gasteiger partial charge < -0.3 is 9.80 Å². The lowest BCUT2D eigenvalue weighted by Crippen LogP contribution is -2.73. The predicted octanol–water partition coefficient (Wildman–Crippen LogP) is 4.92. The number of nitrogens with zero attached hydrogens (tertiary/aromatic N) is 7. The monoisotopic (exact) mass is 531 g/mol. The summed E-state index contributed by atoms with van der Waals surface area (Å²) >= 11 is 6.27. The molecule has 2 fully saturated rings. The lowest BCUT2D eigenvalue weighted by molar-refractivity contribution is -0.224. The highest BCUT2D eigenvalue weighted by Crippen LogP contribution is 2.45. The quantitative estimate of drug-likeness (QED) is 0.478. The van der Waals surface area contributed by atoms with Crippen molar-refractivity contribution in [1.29, 1.82) is 0 Å². The number of pyridine rings is 1. The Morgan fingerprint density at radius 2 is 1.62 bits per heavy atom. The molecule has 0 saturated carbocycles. The molecule has 196 valence electrons. The molecule has 11 heteroatoms. The minimum atomic E-state index is -4.41. The highest BCUT2D eigenvalue weighted by atomic mass is 35.5. The summed E-state index contributed by atoms with van der Waals surface area (Å²) in [5.74, 6) is 2.17. The summed E-state index contributed by atoms with van der Waals surface area (Å²) in [6.45, 7) is 10.1. The van der Waals surface area contributed by atoms with Crippen molar-refractivity contribution in [3.63, 3.8) is 0 Å². The third-order valence-corrected chi connectivity index (χ3v) is 8.20. The van der Waals surface area contributed by atoms with Gasteiger partial charge in [-0.05, 0) is 69.2 Å². The van der Waals surface area contributed by atoms with Gasteiger partial charge in [0.15, 0.2) is 5.82 Å². The van der Waals surface area contributed by atoms with Crippen molar-refractivity contribution in [2.45, 2.75) is 52.5 Å². The Balaban J connectivity index is 1.27. The first-order valence-electron chi connectivity index (χ1n) is 12.4. The van der Waals surface area contributed by atoms with E-state index in [1.807, 2.05) is 17.6 Å². The second-order valence-corrected chi connectivity index (χ2v) is 11.7. The Bertz CT molecular complexity index is 1350. The van der Waals surface area contributed by atoms with E-state index < -0.39 is 11.7 Å². The highest BCUT2D eigenvalue weighted by Gasteiger charge is 2.54. The van der Waals surface area contributed by atoms with Crippen LogP contribution in [0.1, 0.15) is 36.5 Å². The van der Waals surface area contributed by atoms with Crippen LogP contribution < -0.4 is 9.80 Å². The number of anilines is 2. The van der Waals surface area contributed by atoms with Crippen LogP contribution in [0.3, 0.4) is 0 Å². The number of aryl methyl sites for hydroxylation is 2. The molecule has 5 heterocycles. The lowest BCUT2D eigenvalue weighted by Gasteiger charge is -2.60. The summed E-state index contributed by atoms with van der Waals surface area (Å²) in [5.41, 5.74) is 1.81. The van der Waals surface area contributed by atoms with Crippen LogP contribution in [0.2, 0.25) is 5.02 Å². The molecule has 0 bridgehead atoms. The maximum Gasteiger partial charge on any atom is 0.406 e. The second-order valence-electron chi connectivity index (χ2n) is 11.3. The molecule has 0 unspecified atom stereocenters. The van der Waals surface area contributed by atoms with Gasteiger partial charge in [0.1, 0.15) is 11.4 Å². The molecule has 2 saturated heterocycles. The molecule has 6 rings (SSSR count). The third kappa shape index (κ3) is 3.96. The Labute approximate surface area is 218 Å². The number of alkyl halides is 3. The van der Waals surface area contributed by atoms with Gasteiger partial charge >= 0.3 is 6.18 Å². The molecule has 37 heavy (non-hydrogen) atoms. The average molecular weight is 532 g/mol. The van der Waals surface area contributed by atoms with Gasteiger partial charge in [-0.3, -0.25) is 9.47 Å². The van der Waals surface area contributed by atoms with Crippen LogP contribution in [0.15, 0.2) is 30.3 Å². The van der Waals surface area contributed by atoms with Gasteiger partial charge in [0, 0.05) is 48.9 Å². The molecule has 3 aromatic rings. The molecule has 0 radical (unpaired) electrons. The van der Waals surface area contributed by atoms with Crippen LogP contribution in [-0.2, 0) is 13.1 Å². The Kier molecular flexibility index (Phi) is 5.34. The zero-order chi connectivity index (χ0) is 26.3. The van der Waals surface area contributed by atoms with Crippen molar-refractivity contribution in [1.82, 2.24) is 24.6 Å². The van der Waals surface area contributed by atoms with Crippen molar-refractivity contribution in [3.05, 3.63) is 58.0 Å². The summed E-state index contributed by atoms with van der Waals surface area (Å²) in [7, 11) is 0. The van der Waals surface area contributed by atoms with E-state index in [1.165, 1.54) is 24.3 Å². The van der Waals surface area contributed by atoms with E-state index in [9.17, 15) is 13.2 Å². The average Bonchev–Trinajstić information content (AvgIpc) is 3.05. The molecule has 1 spiro atoms. The molecule has 2 aromatic heterocycles. The van der Waals surface area contributed by atoms with Crippen LogP contribution >= 0.6 is 11.6 Å². The predicted molar refractivity (Wildman–Crippen MR) is 136 cm³/mol. The van der Waals surface area contributed by atoms with Gasteiger partial charge in [0.25, 0.3) is 0 Å². The van der Waals surface area contributed by atoms with Crippen molar-refractivity contribution >= 4 is 23.4 Å². The number of rotatable bonds is 3. The third-order valence-electron chi connectivity index (χ3n) is 7.97. The zero-order valence-electron chi connectivity index (χ0n) is 21.3. The normalized spacial score (nSPS) is 19.2. The van der Waals surface area contributed by atoms with Gasteiger partial charge in [-0.1, -0.05) is 11.6 Å². The molecule has 0 aliphatic carbocycles.